The van der Waals surface area contributed by atoms with Crippen molar-refractivity contribution in [1.29, 1.82) is 0 Å². The van der Waals surface area contributed by atoms with E-state index in [1.165, 1.54) is 11.3 Å². The summed E-state index contributed by atoms with van der Waals surface area (Å²) in [6.45, 7) is 0. The first-order valence-electron chi connectivity index (χ1n) is 4.92. The molecule has 0 atom stereocenters. The zero-order chi connectivity index (χ0) is 11.4. The first kappa shape index (κ1) is 10.7. The molecule has 0 bridgehead atoms. The van der Waals surface area contributed by atoms with Crippen molar-refractivity contribution < 1.29 is 4.79 Å². The molecule has 0 spiro atoms. The van der Waals surface area contributed by atoms with Crippen molar-refractivity contribution in [3.05, 3.63) is 47.3 Å². The van der Waals surface area contributed by atoms with E-state index in [4.69, 9.17) is 0 Å². The fourth-order valence-corrected chi connectivity index (χ4v) is 1.93. The summed E-state index contributed by atoms with van der Waals surface area (Å²) in [5.74, 6) is -0.0786. The number of anilines is 2. The molecule has 2 rings (SSSR count). The van der Waals surface area contributed by atoms with Gasteiger partial charge in [-0.1, -0.05) is 0 Å². The Morgan fingerprint density at radius 3 is 2.50 bits per heavy atom. The third-order valence-electron chi connectivity index (χ3n) is 2.19. The van der Waals surface area contributed by atoms with Gasteiger partial charge in [0.05, 0.1) is 5.00 Å². The molecule has 0 saturated heterocycles. The molecule has 0 unspecified atom stereocenters. The van der Waals surface area contributed by atoms with E-state index in [0.29, 0.717) is 5.56 Å². The van der Waals surface area contributed by atoms with Gasteiger partial charge in [0.2, 0.25) is 0 Å². The van der Waals surface area contributed by atoms with Gasteiger partial charge < -0.3 is 10.6 Å². The lowest BCUT2D eigenvalue weighted by Crippen LogP contribution is -2.10. The summed E-state index contributed by atoms with van der Waals surface area (Å²) < 4.78 is 0. The number of carbonyl (C=O) groups excluding carboxylic acids is 1. The van der Waals surface area contributed by atoms with Crippen molar-refractivity contribution in [3.63, 3.8) is 0 Å². The maximum Gasteiger partial charge on any atom is 0.256 e. The largest absolute Gasteiger partial charge is 0.388 e. The van der Waals surface area contributed by atoms with Crippen LogP contribution in [0.25, 0.3) is 0 Å². The molecule has 4 heteroatoms. The van der Waals surface area contributed by atoms with E-state index in [1.807, 2.05) is 36.7 Å². The van der Waals surface area contributed by atoms with Crippen LogP contribution in [0.4, 0.5) is 10.7 Å². The third-order valence-corrected chi connectivity index (χ3v) is 2.98. The molecule has 16 heavy (non-hydrogen) atoms. The predicted octanol–water partition coefficient (Wildman–Crippen LogP) is 3.04. The van der Waals surface area contributed by atoms with Gasteiger partial charge in [-0.05, 0) is 41.8 Å². The predicted molar refractivity (Wildman–Crippen MR) is 68.3 cm³/mol. The van der Waals surface area contributed by atoms with Gasteiger partial charge in [-0.25, -0.2) is 0 Å². The highest BCUT2D eigenvalue weighted by atomic mass is 32.1. The average molecular weight is 232 g/mol. The van der Waals surface area contributed by atoms with Crippen molar-refractivity contribution in [2.45, 2.75) is 0 Å². The second-order valence-corrected chi connectivity index (χ2v) is 4.21. The van der Waals surface area contributed by atoms with Crippen molar-refractivity contribution in [3.8, 4) is 0 Å². The molecule has 2 aromatic rings. The Hall–Kier alpha value is -1.81. The number of rotatable bonds is 3. The van der Waals surface area contributed by atoms with Crippen LogP contribution in [0, 0.1) is 0 Å². The summed E-state index contributed by atoms with van der Waals surface area (Å²) >= 11 is 1.51. The van der Waals surface area contributed by atoms with E-state index in [9.17, 15) is 4.79 Å². The Labute approximate surface area is 98.1 Å². The van der Waals surface area contributed by atoms with Gasteiger partial charge in [0.15, 0.2) is 0 Å². The number of nitrogens with one attached hydrogen (secondary N) is 2. The van der Waals surface area contributed by atoms with E-state index in [2.05, 4.69) is 10.6 Å². The Bertz CT molecular complexity index is 462. The van der Waals surface area contributed by atoms with E-state index in [-0.39, 0.29) is 5.91 Å². The maximum absolute atomic E-state index is 11.8. The van der Waals surface area contributed by atoms with Gasteiger partial charge in [0.25, 0.3) is 5.91 Å². The standard InChI is InChI=1S/C12H12N2OS/c1-13-10-6-4-9(5-7-10)12(15)14-11-3-2-8-16-11/h2-8,13H,1H3,(H,14,15). The average Bonchev–Trinajstić information content (AvgIpc) is 2.82. The topological polar surface area (TPSA) is 41.1 Å². The van der Waals surface area contributed by atoms with Crippen LogP contribution in [0.3, 0.4) is 0 Å². The smallest absolute Gasteiger partial charge is 0.256 e. The van der Waals surface area contributed by atoms with Crippen LogP contribution in [-0.2, 0) is 0 Å². The minimum absolute atomic E-state index is 0.0786. The number of benzene rings is 1. The zero-order valence-electron chi connectivity index (χ0n) is 8.86. The van der Waals surface area contributed by atoms with Crippen molar-refractivity contribution in [2.24, 2.45) is 0 Å². The lowest BCUT2D eigenvalue weighted by Gasteiger charge is -2.04. The van der Waals surface area contributed by atoms with Crippen molar-refractivity contribution in [2.75, 3.05) is 17.7 Å². The molecule has 0 aliphatic carbocycles. The molecule has 0 aliphatic rings. The lowest BCUT2D eigenvalue weighted by molar-refractivity contribution is 0.102. The van der Waals surface area contributed by atoms with E-state index < -0.39 is 0 Å². The highest BCUT2D eigenvalue weighted by molar-refractivity contribution is 7.14. The fourth-order valence-electron chi connectivity index (χ4n) is 1.32. The summed E-state index contributed by atoms with van der Waals surface area (Å²) in [5.41, 5.74) is 1.65. The molecule has 3 nitrogen and oxygen atoms in total. The first-order chi connectivity index (χ1) is 7.79. The summed E-state index contributed by atoms with van der Waals surface area (Å²) in [4.78, 5) is 11.8. The van der Waals surface area contributed by atoms with Crippen LogP contribution in [0.5, 0.6) is 0 Å². The Balaban J connectivity index is 2.09. The molecule has 1 heterocycles. The van der Waals surface area contributed by atoms with Gasteiger partial charge in [-0.15, -0.1) is 11.3 Å². The second-order valence-electron chi connectivity index (χ2n) is 3.26. The van der Waals surface area contributed by atoms with Crippen LogP contribution < -0.4 is 10.6 Å². The van der Waals surface area contributed by atoms with Crippen molar-refractivity contribution in [1.82, 2.24) is 0 Å². The SMILES string of the molecule is CNc1ccc(C(=O)Nc2cccs2)cc1. The minimum Gasteiger partial charge on any atom is -0.388 e. The molecule has 2 N–H and O–H groups in total. The first-order valence-corrected chi connectivity index (χ1v) is 5.80. The lowest BCUT2D eigenvalue weighted by atomic mass is 10.2. The van der Waals surface area contributed by atoms with Crippen LogP contribution in [0.1, 0.15) is 10.4 Å². The van der Waals surface area contributed by atoms with Gasteiger partial charge >= 0.3 is 0 Å². The summed E-state index contributed by atoms with van der Waals surface area (Å²) in [6.07, 6.45) is 0. The monoisotopic (exact) mass is 232 g/mol. The number of carbonyl (C=O) groups is 1. The van der Waals surface area contributed by atoms with Gasteiger partial charge in [-0.2, -0.15) is 0 Å². The Morgan fingerprint density at radius 1 is 1.19 bits per heavy atom. The number of amides is 1. The van der Waals surface area contributed by atoms with Crippen LogP contribution in [-0.4, -0.2) is 13.0 Å². The normalized spacial score (nSPS) is 9.81. The van der Waals surface area contributed by atoms with Crippen LogP contribution >= 0.6 is 11.3 Å². The Morgan fingerprint density at radius 2 is 1.94 bits per heavy atom. The number of hydrogen-bond acceptors (Lipinski definition) is 3. The Kier molecular flexibility index (Phi) is 3.22. The number of thiophene rings is 1. The fraction of sp³-hybridized carbons (Fsp3) is 0.0833. The molecule has 1 aromatic heterocycles. The maximum atomic E-state index is 11.8. The highest BCUT2D eigenvalue weighted by Gasteiger charge is 2.05. The van der Waals surface area contributed by atoms with E-state index >= 15 is 0 Å². The van der Waals surface area contributed by atoms with Crippen LogP contribution in [0.2, 0.25) is 0 Å². The molecule has 0 radical (unpaired) electrons. The van der Waals surface area contributed by atoms with Gasteiger partial charge in [0.1, 0.15) is 0 Å². The molecular formula is C12H12N2OS. The molecule has 1 amide bonds. The van der Waals surface area contributed by atoms with E-state index in [1.54, 1.807) is 12.1 Å². The molecule has 0 fully saturated rings. The van der Waals surface area contributed by atoms with Crippen molar-refractivity contribution >= 4 is 27.9 Å². The summed E-state index contributed by atoms with van der Waals surface area (Å²) in [6, 6.07) is 11.1. The summed E-state index contributed by atoms with van der Waals surface area (Å²) in [7, 11) is 1.85. The van der Waals surface area contributed by atoms with Gasteiger partial charge in [-0.3, -0.25) is 4.79 Å². The zero-order valence-corrected chi connectivity index (χ0v) is 9.67. The second kappa shape index (κ2) is 4.81. The third kappa shape index (κ3) is 2.41. The van der Waals surface area contributed by atoms with Gasteiger partial charge in [0, 0.05) is 18.3 Å². The summed E-state index contributed by atoms with van der Waals surface area (Å²) in [5, 5.41) is 8.64. The molecule has 1 aromatic carbocycles. The van der Waals surface area contributed by atoms with E-state index in [0.717, 1.165) is 10.7 Å². The highest BCUT2D eigenvalue weighted by Crippen LogP contribution is 2.17. The van der Waals surface area contributed by atoms with Crippen LogP contribution in [0.15, 0.2) is 41.8 Å². The number of hydrogen-bond donors (Lipinski definition) is 2. The minimum atomic E-state index is -0.0786. The molecule has 82 valence electrons. The quantitative estimate of drug-likeness (QED) is 0.854. The molecular weight excluding hydrogens is 220 g/mol. The molecule has 0 aliphatic heterocycles. The molecule has 0 saturated carbocycles.